The van der Waals surface area contributed by atoms with E-state index in [0.717, 1.165) is 25.9 Å². The molecular formula is C11H19F3N2O2S. The van der Waals surface area contributed by atoms with Gasteiger partial charge in [0.05, 0.1) is 12.4 Å². The van der Waals surface area contributed by atoms with Crippen molar-refractivity contribution in [3.05, 3.63) is 0 Å². The number of halogens is 3. The van der Waals surface area contributed by atoms with Crippen molar-refractivity contribution in [1.29, 1.82) is 0 Å². The van der Waals surface area contributed by atoms with Gasteiger partial charge in [0.1, 0.15) is 0 Å². The maximum Gasteiger partial charge on any atom is 0.442 e. The van der Waals surface area contributed by atoms with E-state index < -0.39 is 17.2 Å². The van der Waals surface area contributed by atoms with Crippen LogP contribution in [-0.4, -0.2) is 50.5 Å². The highest BCUT2D eigenvalue weighted by atomic mass is 32.2. The van der Waals surface area contributed by atoms with Crippen LogP contribution in [0.5, 0.6) is 0 Å². The van der Waals surface area contributed by atoms with Gasteiger partial charge in [-0.2, -0.15) is 13.2 Å². The van der Waals surface area contributed by atoms with E-state index in [9.17, 15) is 18.0 Å². The lowest BCUT2D eigenvalue weighted by atomic mass is 9.79. The summed E-state index contributed by atoms with van der Waals surface area (Å²) in [5.41, 5.74) is -4.53. The molecule has 0 radical (unpaired) electrons. The predicted molar refractivity (Wildman–Crippen MR) is 67.9 cm³/mol. The van der Waals surface area contributed by atoms with Crippen LogP contribution in [-0.2, 0) is 9.53 Å². The molecule has 0 aromatic rings. The second-order valence-corrected chi connectivity index (χ2v) is 5.73. The lowest BCUT2D eigenvalue weighted by Gasteiger charge is -2.37. The highest BCUT2D eigenvalue weighted by Crippen LogP contribution is 2.30. The van der Waals surface area contributed by atoms with E-state index in [2.05, 4.69) is 10.6 Å². The van der Waals surface area contributed by atoms with Gasteiger partial charge in [-0.3, -0.25) is 4.79 Å². The van der Waals surface area contributed by atoms with E-state index in [0.29, 0.717) is 13.2 Å². The molecule has 0 aromatic heterocycles. The van der Waals surface area contributed by atoms with Crippen LogP contribution in [0.25, 0.3) is 0 Å². The summed E-state index contributed by atoms with van der Waals surface area (Å²) < 4.78 is 41.1. The first kappa shape index (κ1) is 16.6. The summed E-state index contributed by atoms with van der Waals surface area (Å²) in [4.78, 5) is 11.4. The number of methoxy groups -OCH3 is 1. The standard InChI is InChI=1S/C11H19F3N2O2S/c1-18-8-10(2-4-15-5-3-10)7-16-9(17)6-19-11(12,13)14/h15H,2-8H2,1H3,(H,16,17). The van der Waals surface area contributed by atoms with Gasteiger partial charge in [-0.1, -0.05) is 0 Å². The predicted octanol–water partition coefficient (Wildman–Crippen LogP) is 1.37. The minimum Gasteiger partial charge on any atom is -0.384 e. The van der Waals surface area contributed by atoms with Crippen LogP contribution < -0.4 is 10.6 Å². The molecule has 1 rings (SSSR count). The van der Waals surface area contributed by atoms with Gasteiger partial charge < -0.3 is 15.4 Å². The van der Waals surface area contributed by atoms with Gasteiger partial charge in [-0.15, -0.1) is 0 Å². The molecule has 0 aromatic carbocycles. The zero-order valence-corrected chi connectivity index (χ0v) is 11.6. The SMILES string of the molecule is COCC1(CNC(=O)CSC(F)(F)F)CCNCC1. The molecule has 4 nitrogen and oxygen atoms in total. The van der Waals surface area contributed by atoms with E-state index in [1.54, 1.807) is 7.11 Å². The van der Waals surface area contributed by atoms with Gasteiger partial charge in [0.2, 0.25) is 5.91 Å². The van der Waals surface area contributed by atoms with Crippen LogP contribution in [0.3, 0.4) is 0 Å². The summed E-state index contributed by atoms with van der Waals surface area (Å²) in [6.45, 7) is 2.52. The Kier molecular flexibility index (Phi) is 6.41. The number of ether oxygens (including phenoxy) is 1. The van der Waals surface area contributed by atoms with Crippen LogP contribution in [0, 0.1) is 5.41 Å². The summed E-state index contributed by atoms with van der Waals surface area (Å²) in [5, 5.41) is 5.79. The number of carbonyl (C=O) groups is 1. The summed E-state index contributed by atoms with van der Waals surface area (Å²) >= 11 is -0.315. The average molecular weight is 300 g/mol. The van der Waals surface area contributed by atoms with Gasteiger partial charge in [0, 0.05) is 19.1 Å². The number of rotatable bonds is 6. The summed E-state index contributed by atoms with van der Waals surface area (Å²) in [5.74, 6) is -1.18. The number of thioether (sulfide) groups is 1. The molecule has 8 heteroatoms. The highest BCUT2D eigenvalue weighted by Gasteiger charge is 2.33. The van der Waals surface area contributed by atoms with Gasteiger partial charge in [-0.05, 0) is 37.7 Å². The van der Waals surface area contributed by atoms with Crippen molar-refractivity contribution in [3.8, 4) is 0 Å². The van der Waals surface area contributed by atoms with Gasteiger partial charge in [0.25, 0.3) is 0 Å². The Labute approximate surface area is 114 Å². The number of nitrogens with one attached hydrogen (secondary N) is 2. The fraction of sp³-hybridized carbons (Fsp3) is 0.909. The molecule has 0 aliphatic carbocycles. The number of carbonyl (C=O) groups excluding carboxylic acids is 1. The van der Waals surface area contributed by atoms with Gasteiger partial charge >= 0.3 is 5.51 Å². The molecule has 0 spiro atoms. The first-order chi connectivity index (χ1) is 8.87. The normalized spacial score (nSPS) is 19.2. The Balaban J connectivity index is 2.37. The number of hydrogen-bond acceptors (Lipinski definition) is 4. The zero-order chi connectivity index (χ0) is 14.4. The molecule has 1 aliphatic heterocycles. The average Bonchev–Trinajstić information content (AvgIpc) is 2.35. The summed E-state index contributed by atoms with van der Waals surface area (Å²) in [7, 11) is 1.59. The molecule has 112 valence electrons. The van der Waals surface area contributed by atoms with E-state index in [1.165, 1.54) is 0 Å². The quantitative estimate of drug-likeness (QED) is 0.778. The first-order valence-corrected chi connectivity index (χ1v) is 7.02. The van der Waals surface area contributed by atoms with Gasteiger partial charge in [-0.25, -0.2) is 0 Å². The smallest absolute Gasteiger partial charge is 0.384 e. The third-order valence-electron chi connectivity index (χ3n) is 3.14. The highest BCUT2D eigenvalue weighted by molar-refractivity contribution is 8.00. The summed E-state index contributed by atoms with van der Waals surface area (Å²) in [6, 6.07) is 0. The molecule has 0 saturated carbocycles. The van der Waals surface area contributed by atoms with Crippen LogP contribution in [0.2, 0.25) is 0 Å². The molecule has 1 saturated heterocycles. The van der Waals surface area contributed by atoms with Crippen molar-refractivity contribution in [2.75, 3.05) is 39.1 Å². The maximum atomic E-state index is 12.0. The number of piperidine rings is 1. The third-order valence-corrected chi connectivity index (χ3v) is 3.88. The molecule has 1 heterocycles. The molecule has 0 unspecified atom stereocenters. The minimum atomic E-state index is -4.36. The molecule has 1 aliphatic rings. The molecule has 0 atom stereocenters. The van der Waals surface area contributed by atoms with Crippen molar-refractivity contribution in [2.24, 2.45) is 5.41 Å². The zero-order valence-electron chi connectivity index (χ0n) is 10.8. The topological polar surface area (TPSA) is 50.4 Å². The third kappa shape index (κ3) is 6.49. The fourth-order valence-electron chi connectivity index (χ4n) is 2.12. The molecular weight excluding hydrogens is 281 g/mol. The fourth-order valence-corrected chi connectivity index (χ4v) is 2.52. The van der Waals surface area contributed by atoms with Crippen LogP contribution in [0.4, 0.5) is 13.2 Å². The largest absolute Gasteiger partial charge is 0.442 e. The number of alkyl halides is 3. The molecule has 1 amide bonds. The molecule has 2 N–H and O–H groups in total. The van der Waals surface area contributed by atoms with E-state index in [1.807, 2.05) is 0 Å². The van der Waals surface area contributed by atoms with Crippen LogP contribution in [0.15, 0.2) is 0 Å². The lowest BCUT2D eigenvalue weighted by molar-refractivity contribution is -0.119. The Morgan fingerprint density at radius 3 is 2.58 bits per heavy atom. The number of amides is 1. The van der Waals surface area contributed by atoms with Crippen molar-refractivity contribution in [1.82, 2.24) is 10.6 Å². The molecule has 0 bridgehead atoms. The van der Waals surface area contributed by atoms with E-state index in [-0.39, 0.29) is 17.2 Å². The lowest BCUT2D eigenvalue weighted by Crippen LogP contribution is -2.47. The second kappa shape index (κ2) is 7.35. The summed E-state index contributed by atoms with van der Waals surface area (Å²) in [6.07, 6.45) is 1.68. The van der Waals surface area contributed by atoms with Crippen molar-refractivity contribution in [2.45, 2.75) is 18.3 Å². The van der Waals surface area contributed by atoms with Crippen LogP contribution >= 0.6 is 11.8 Å². The minimum absolute atomic E-state index is 0.168. The maximum absolute atomic E-state index is 12.0. The second-order valence-electron chi connectivity index (χ2n) is 4.69. The molecule has 19 heavy (non-hydrogen) atoms. The first-order valence-electron chi connectivity index (χ1n) is 6.04. The molecule has 1 fully saturated rings. The van der Waals surface area contributed by atoms with Crippen molar-refractivity contribution in [3.63, 3.8) is 0 Å². The Bertz CT molecular complexity index is 289. The van der Waals surface area contributed by atoms with Crippen LogP contribution in [0.1, 0.15) is 12.8 Å². The van der Waals surface area contributed by atoms with Gasteiger partial charge in [0.15, 0.2) is 0 Å². The van der Waals surface area contributed by atoms with Crippen molar-refractivity contribution < 1.29 is 22.7 Å². The van der Waals surface area contributed by atoms with E-state index >= 15 is 0 Å². The van der Waals surface area contributed by atoms with E-state index in [4.69, 9.17) is 4.74 Å². The Morgan fingerprint density at radius 2 is 2.05 bits per heavy atom. The Hall–Kier alpha value is -0.470. The monoisotopic (exact) mass is 300 g/mol. The Morgan fingerprint density at radius 1 is 1.42 bits per heavy atom. The van der Waals surface area contributed by atoms with Crippen molar-refractivity contribution >= 4 is 17.7 Å². The number of hydrogen-bond donors (Lipinski definition) is 2.